The standard InChI is InChI=1S/C14H14NOP/c1-17(2,16)15-13-9-5-3-7-11(13)12-8-4-6-10-14(12)15/h3-10H,1-2H3. The molecule has 2 aromatic carbocycles. The Morgan fingerprint density at radius 2 is 1.24 bits per heavy atom. The van der Waals surface area contributed by atoms with Crippen molar-refractivity contribution in [3.63, 3.8) is 0 Å². The van der Waals surface area contributed by atoms with Gasteiger partial charge in [-0.2, -0.15) is 0 Å². The van der Waals surface area contributed by atoms with Gasteiger partial charge < -0.3 is 4.57 Å². The van der Waals surface area contributed by atoms with E-state index in [1.54, 1.807) is 0 Å². The summed E-state index contributed by atoms with van der Waals surface area (Å²) in [6, 6.07) is 16.3. The molecule has 3 rings (SSSR count). The van der Waals surface area contributed by atoms with Crippen molar-refractivity contribution in [2.75, 3.05) is 13.3 Å². The van der Waals surface area contributed by atoms with E-state index in [0.717, 1.165) is 11.0 Å². The molecule has 1 heterocycles. The van der Waals surface area contributed by atoms with Crippen LogP contribution in [-0.4, -0.2) is 17.7 Å². The summed E-state index contributed by atoms with van der Waals surface area (Å²) in [5.74, 6) is 0. The van der Waals surface area contributed by atoms with Crippen LogP contribution in [0.5, 0.6) is 0 Å². The highest BCUT2D eigenvalue weighted by molar-refractivity contribution is 7.61. The third kappa shape index (κ3) is 1.52. The molecule has 0 saturated heterocycles. The topological polar surface area (TPSA) is 22.0 Å². The van der Waals surface area contributed by atoms with Gasteiger partial charge in [-0.3, -0.25) is 4.34 Å². The maximum Gasteiger partial charge on any atom is 0.170 e. The van der Waals surface area contributed by atoms with Crippen LogP contribution in [-0.2, 0) is 4.57 Å². The molecule has 3 heteroatoms. The van der Waals surface area contributed by atoms with Crippen molar-refractivity contribution < 1.29 is 4.57 Å². The van der Waals surface area contributed by atoms with Crippen LogP contribution < -0.4 is 0 Å². The molecule has 0 unspecified atom stereocenters. The van der Waals surface area contributed by atoms with Gasteiger partial charge in [-0.05, 0) is 12.1 Å². The van der Waals surface area contributed by atoms with Crippen molar-refractivity contribution in [2.45, 2.75) is 0 Å². The monoisotopic (exact) mass is 243 g/mol. The summed E-state index contributed by atoms with van der Waals surface area (Å²) >= 11 is 0. The van der Waals surface area contributed by atoms with Crippen LogP contribution in [0.15, 0.2) is 48.5 Å². The van der Waals surface area contributed by atoms with Crippen molar-refractivity contribution >= 4 is 29.1 Å². The summed E-state index contributed by atoms with van der Waals surface area (Å²) in [6.07, 6.45) is 0. The van der Waals surface area contributed by atoms with Gasteiger partial charge in [-0.15, -0.1) is 0 Å². The fourth-order valence-electron chi connectivity index (χ4n) is 2.42. The zero-order valence-electron chi connectivity index (χ0n) is 9.92. The molecule has 0 radical (unpaired) electrons. The lowest BCUT2D eigenvalue weighted by atomic mass is 10.2. The summed E-state index contributed by atoms with van der Waals surface area (Å²) in [5.41, 5.74) is 2.11. The van der Waals surface area contributed by atoms with E-state index in [1.807, 2.05) is 54.1 Å². The van der Waals surface area contributed by atoms with Gasteiger partial charge in [-0.1, -0.05) is 36.4 Å². The van der Waals surface area contributed by atoms with Crippen molar-refractivity contribution in [2.24, 2.45) is 0 Å². The molecule has 2 nitrogen and oxygen atoms in total. The van der Waals surface area contributed by atoms with Crippen LogP contribution in [0.25, 0.3) is 21.8 Å². The van der Waals surface area contributed by atoms with Crippen LogP contribution in [0.2, 0.25) is 0 Å². The van der Waals surface area contributed by atoms with Gasteiger partial charge in [-0.25, -0.2) is 0 Å². The van der Waals surface area contributed by atoms with Crippen molar-refractivity contribution in [1.29, 1.82) is 0 Å². The molecule has 86 valence electrons. The van der Waals surface area contributed by atoms with E-state index in [4.69, 9.17) is 0 Å². The number of hydrogen-bond acceptors (Lipinski definition) is 1. The first-order valence-corrected chi connectivity index (χ1v) is 8.18. The Morgan fingerprint density at radius 1 is 0.824 bits per heavy atom. The maximum atomic E-state index is 12.5. The van der Waals surface area contributed by atoms with E-state index in [2.05, 4.69) is 12.1 Å². The molecule has 0 saturated carbocycles. The summed E-state index contributed by atoms with van der Waals surface area (Å²) in [7, 11) is -2.34. The Labute approximate surface area is 100 Å². The van der Waals surface area contributed by atoms with Gasteiger partial charge in [0.05, 0.1) is 11.0 Å². The van der Waals surface area contributed by atoms with E-state index in [1.165, 1.54) is 10.8 Å². The molecule has 0 aliphatic heterocycles. The number of hydrogen-bond donors (Lipinski definition) is 0. The molecule has 17 heavy (non-hydrogen) atoms. The molecule has 0 bridgehead atoms. The molecule has 0 fully saturated rings. The van der Waals surface area contributed by atoms with Crippen molar-refractivity contribution in [1.82, 2.24) is 4.34 Å². The zero-order valence-corrected chi connectivity index (χ0v) is 10.8. The first-order chi connectivity index (χ1) is 8.09. The largest absolute Gasteiger partial charge is 0.300 e. The molecule has 0 atom stereocenters. The van der Waals surface area contributed by atoms with Crippen LogP contribution in [0.4, 0.5) is 0 Å². The van der Waals surface area contributed by atoms with E-state index in [9.17, 15) is 4.57 Å². The van der Waals surface area contributed by atoms with Gasteiger partial charge >= 0.3 is 0 Å². The number of benzene rings is 2. The molecule has 0 aliphatic rings. The van der Waals surface area contributed by atoms with Crippen LogP contribution in [0, 0.1) is 0 Å². The summed E-state index contributed by atoms with van der Waals surface area (Å²) < 4.78 is 14.5. The molecule has 1 aromatic heterocycles. The second-order valence-corrected chi connectivity index (χ2v) is 7.63. The quantitative estimate of drug-likeness (QED) is 0.587. The summed E-state index contributed by atoms with van der Waals surface area (Å²) in [4.78, 5) is 0. The maximum absolute atomic E-state index is 12.5. The highest BCUT2D eigenvalue weighted by atomic mass is 31.2. The lowest BCUT2D eigenvalue weighted by molar-refractivity contribution is 0.578. The first kappa shape index (κ1) is 10.6. The average Bonchev–Trinajstić information content (AvgIpc) is 2.63. The fourth-order valence-corrected chi connectivity index (χ4v) is 3.81. The predicted molar refractivity (Wildman–Crippen MR) is 74.3 cm³/mol. The smallest absolute Gasteiger partial charge is 0.170 e. The van der Waals surface area contributed by atoms with E-state index < -0.39 is 7.29 Å². The SMILES string of the molecule is CP(C)(=O)n1c2ccccc2c2ccccc21. The lowest BCUT2D eigenvalue weighted by Gasteiger charge is -2.12. The first-order valence-electron chi connectivity index (χ1n) is 5.63. The highest BCUT2D eigenvalue weighted by Gasteiger charge is 2.17. The van der Waals surface area contributed by atoms with Crippen molar-refractivity contribution in [3.05, 3.63) is 48.5 Å². The fraction of sp³-hybridized carbons (Fsp3) is 0.143. The molecule has 0 aliphatic carbocycles. The number of aromatic nitrogens is 1. The number of nitrogens with zero attached hydrogens (tertiary/aromatic N) is 1. The highest BCUT2D eigenvalue weighted by Crippen LogP contribution is 2.46. The van der Waals surface area contributed by atoms with Crippen molar-refractivity contribution in [3.8, 4) is 0 Å². The average molecular weight is 243 g/mol. The third-order valence-corrected chi connectivity index (χ3v) is 4.43. The number of para-hydroxylation sites is 2. The minimum Gasteiger partial charge on any atom is -0.300 e. The van der Waals surface area contributed by atoms with Crippen LogP contribution in [0.1, 0.15) is 0 Å². The Kier molecular flexibility index (Phi) is 2.17. The Balaban J connectivity index is 2.65. The minimum atomic E-state index is -2.34. The molecule has 0 spiro atoms. The van der Waals surface area contributed by atoms with Crippen LogP contribution in [0.3, 0.4) is 0 Å². The predicted octanol–water partition coefficient (Wildman–Crippen LogP) is 4.18. The number of rotatable bonds is 1. The van der Waals surface area contributed by atoms with E-state index in [0.29, 0.717) is 0 Å². The lowest BCUT2D eigenvalue weighted by Crippen LogP contribution is -1.92. The van der Waals surface area contributed by atoms with E-state index in [-0.39, 0.29) is 0 Å². The summed E-state index contributed by atoms with van der Waals surface area (Å²) in [5, 5.41) is 2.35. The molecule has 0 amide bonds. The normalized spacial score (nSPS) is 12.4. The number of fused-ring (bicyclic) bond motifs is 3. The Morgan fingerprint density at radius 3 is 1.65 bits per heavy atom. The third-order valence-electron chi connectivity index (χ3n) is 3.04. The molecule has 0 N–H and O–H groups in total. The van der Waals surface area contributed by atoms with Gasteiger partial charge in [0.2, 0.25) is 0 Å². The van der Waals surface area contributed by atoms with E-state index >= 15 is 0 Å². The molecular weight excluding hydrogens is 229 g/mol. The van der Waals surface area contributed by atoms with Gasteiger partial charge in [0, 0.05) is 24.1 Å². The second kappa shape index (κ2) is 3.48. The minimum absolute atomic E-state index is 1.06. The zero-order chi connectivity index (χ0) is 12.0. The summed E-state index contributed by atoms with van der Waals surface area (Å²) in [6.45, 7) is 3.62. The molecular formula is C14H14NOP. The van der Waals surface area contributed by atoms with Gasteiger partial charge in [0.1, 0.15) is 0 Å². The molecule has 3 aromatic rings. The van der Waals surface area contributed by atoms with Crippen LogP contribution >= 0.6 is 7.29 Å². The van der Waals surface area contributed by atoms with Gasteiger partial charge in [0.15, 0.2) is 7.29 Å². The van der Waals surface area contributed by atoms with Gasteiger partial charge in [0.25, 0.3) is 0 Å². The Hall–Kier alpha value is -1.53. The second-order valence-electron chi connectivity index (χ2n) is 4.64. The Bertz CT molecular complexity index is 698.